The van der Waals surface area contributed by atoms with E-state index < -0.39 is 0 Å². The Balaban J connectivity index is 1.87. The van der Waals surface area contributed by atoms with Crippen LogP contribution in [0.15, 0.2) is 42.5 Å². The normalized spacial score (nSPS) is 18.0. The molecule has 1 fully saturated rings. The first-order chi connectivity index (χ1) is 10.1. The van der Waals surface area contributed by atoms with Gasteiger partial charge in [0.1, 0.15) is 11.5 Å². The van der Waals surface area contributed by atoms with E-state index in [1.807, 2.05) is 24.0 Å². The highest BCUT2D eigenvalue weighted by Crippen LogP contribution is 2.32. The zero-order valence-corrected chi connectivity index (χ0v) is 11.9. The molecule has 3 rings (SSSR count). The van der Waals surface area contributed by atoms with E-state index in [9.17, 15) is 9.18 Å². The molecule has 21 heavy (non-hydrogen) atoms. The second-order valence-corrected chi connectivity index (χ2v) is 5.37. The van der Waals surface area contributed by atoms with Gasteiger partial charge in [-0.1, -0.05) is 18.2 Å². The van der Waals surface area contributed by atoms with Gasteiger partial charge in [0.2, 0.25) is 0 Å². The van der Waals surface area contributed by atoms with Crippen LogP contribution in [0, 0.1) is 12.7 Å². The molecule has 0 spiro atoms. The zero-order valence-electron chi connectivity index (χ0n) is 11.9. The van der Waals surface area contributed by atoms with Crippen molar-refractivity contribution in [3.8, 4) is 0 Å². The van der Waals surface area contributed by atoms with Crippen LogP contribution < -0.4 is 0 Å². The number of aromatic nitrogens is 1. The smallest absolute Gasteiger partial charge is 0.272 e. The minimum atomic E-state index is -0.255. The molecule has 0 bridgehead atoms. The minimum Gasteiger partial charge on any atom is -0.330 e. The summed E-state index contributed by atoms with van der Waals surface area (Å²) >= 11 is 0. The fourth-order valence-corrected chi connectivity index (χ4v) is 2.85. The maximum absolute atomic E-state index is 13.0. The molecule has 1 saturated heterocycles. The van der Waals surface area contributed by atoms with Crippen molar-refractivity contribution >= 4 is 5.91 Å². The summed E-state index contributed by atoms with van der Waals surface area (Å²) in [5.41, 5.74) is 2.29. The lowest BCUT2D eigenvalue weighted by molar-refractivity contribution is 0.0729. The number of benzene rings is 1. The van der Waals surface area contributed by atoms with E-state index in [4.69, 9.17) is 0 Å². The number of carbonyl (C=O) groups is 1. The molecule has 1 aliphatic heterocycles. The van der Waals surface area contributed by atoms with E-state index in [-0.39, 0.29) is 17.8 Å². The number of halogens is 1. The van der Waals surface area contributed by atoms with Crippen molar-refractivity contribution in [2.24, 2.45) is 0 Å². The van der Waals surface area contributed by atoms with Gasteiger partial charge in [-0.3, -0.25) is 4.79 Å². The summed E-state index contributed by atoms with van der Waals surface area (Å²) < 4.78 is 13.0. The van der Waals surface area contributed by atoms with Crippen LogP contribution in [0.1, 0.15) is 40.6 Å². The standard InChI is InChI=1S/C17H17FN2O/c1-12-4-2-5-15(19-12)17(21)20-11-3-6-16(20)13-7-9-14(18)10-8-13/h2,4-5,7-10,16H,3,6,11H2,1H3. The summed E-state index contributed by atoms with van der Waals surface area (Å²) in [4.78, 5) is 18.8. The molecule has 2 heterocycles. The lowest BCUT2D eigenvalue weighted by Gasteiger charge is -2.25. The molecular weight excluding hydrogens is 267 g/mol. The summed E-state index contributed by atoms with van der Waals surface area (Å²) in [5.74, 6) is -0.305. The van der Waals surface area contributed by atoms with E-state index in [1.165, 1.54) is 12.1 Å². The third-order valence-electron chi connectivity index (χ3n) is 3.88. The second-order valence-electron chi connectivity index (χ2n) is 5.37. The van der Waals surface area contributed by atoms with E-state index in [0.29, 0.717) is 5.69 Å². The molecule has 1 unspecified atom stereocenters. The quantitative estimate of drug-likeness (QED) is 0.845. The van der Waals surface area contributed by atoms with Gasteiger partial charge >= 0.3 is 0 Å². The average molecular weight is 284 g/mol. The molecular formula is C17H17FN2O. The van der Waals surface area contributed by atoms with Gasteiger partial charge in [-0.25, -0.2) is 9.37 Å². The number of carbonyl (C=O) groups excluding carboxylic acids is 1. The van der Waals surface area contributed by atoms with Gasteiger partial charge in [-0.15, -0.1) is 0 Å². The molecule has 0 aliphatic carbocycles. The van der Waals surface area contributed by atoms with Gasteiger partial charge in [0.05, 0.1) is 6.04 Å². The Bertz CT molecular complexity index is 654. The Morgan fingerprint density at radius 2 is 2.00 bits per heavy atom. The number of hydrogen-bond donors (Lipinski definition) is 0. The Kier molecular flexibility index (Phi) is 3.69. The topological polar surface area (TPSA) is 33.2 Å². The van der Waals surface area contributed by atoms with Crippen LogP contribution >= 0.6 is 0 Å². The molecule has 1 aromatic heterocycles. The maximum atomic E-state index is 13.0. The highest BCUT2D eigenvalue weighted by atomic mass is 19.1. The van der Waals surface area contributed by atoms with Crippen LogP contribution in [0.25, 0.3) is 0 Å². The summed E-state index contributed by atoms with van der Waals surface area (Å²) in [6.07, 6.45) is 1.86. The molecule has 0 N–H and O–H groups in total. The SMILES string of the molecule is Cc1cccc(C(=O)N2CCCC2c2ccc(F)cc2)n1. The van der Waals surface area contributed by atoms with Gasteiger partial charge in [-0.2, -0.15) is 0 Å². The Morgan fingerprint density at radius 3 is 2.71 bits per heavy atom. The second kappa shape index (κ2) is 5.64. The first-order valence-electron chi connectivity index (χ1n) is 7.15. The fraction of sp³-hybridized carbons (Fsp3) is 0.294. The number of rotatable bonds is 2. The number of pyridine rings is 1. The van der Waals surface area contributed by atoms with Crippen molar-refractivity contribution in [3.63, 3.8) is 0 Å². The van der Waals surface area contributed by atoms with Gasteiger partial charge in [-0.05, 0) is 49.6 Å². The summed E-state index contributed by atoms with van der Waals surface area (Å²) in [6.45, 7) is 2.59. The van der Waals surface area contributed by atoms with Crippen LogP contribution in [0.3, 0.4) is 0 Å². The van der Waals surface area contributed by atoms with Crippen LogP contribution in [0.5, 0.6) is 0 Å². The van der Waals surface area contributed by atoms with Crippen LogP contribution in [-0.2, 0) is 0 Å². The van der Waals surface area contributed by atoms with Gasteiger partial charge in [0.15, 0.2) is 0 Å². The maximum Gasteiger partial charge on any atom is 0.272 e. The van der Waals surface area contributed by atoms with Crippen molar-refractivity contribution in [1.29, 1.82) is 0 Å². The molecule has 0 saturated carbocycles. The molecule has 2 aromatic rings. The Hall–Kier alpha value is -2.23. The highest BCUT2D eigenvalue weighted by Gasteiger charge is 2.31. The van der Waals surface area contributed by atoms with Crippen LogP contribution in [0.4, 0.5) is 4.39 Å². The van der Waals surface area contributed by atoms with Gasteiger partial charge < -0.3 is 4.90 Å². The molecule has 0 radical (unpaired) electrons. The highest BCUT2D eigenvalue weighted by molar-refractivity contribution is 5.92. The first kappa shape index (κ1) is 13.7. The van der Waals surface area contributed by atoms with E-state index in [1.54, 1.807) is 18.2 Å². The summed E-state index contributed by atoms with van der Waals surface area (Å²) in [6, 6.07) is 11.9. The largest absolute Gasteiger partial charge is 0.330 e. The molecule has 4 heteroatoms. The fourth-order valence-electron chi connectivity index (χ4n) is 2.85. The monoisotopic (exact) mass is 284 g/mol. The van der Waals surface area contributed by atoms with Crippen molar-refractivity contribution in [2.75, 3.05) is 6.54 Å². The van der Waals surface area contributed by atoms with Crippen molar-refractivity contribution in [2.45, 2.75) is 25.8 Å². The number of amides is 1. The molecule has 1 atom stereocenters. The molecule has 1 amide bonds. The molecule has 3 nitrogen and oxygen atoms in total. The van der Waals surface area contributed by atoms with Crippen LogP contribution in [0.2, 0.25) is 0 Å². The predicted octanol–water partition coefficient (Wildman–Crippen LogP) is 3.51. The van der Waals surface area contributed by atoms with Crippen LogP contribution in [-0.4, -0.2) is 22.3 Å². The van der Waals surface area contributed by atoms with E-state index >= 15 is 0 Å². The third kappa shape index (κ3) is 2.79. The third-order valence-corrected chi connectivity index (χ3v) is 3.88. The molecule has 108 valence electrons. The molecule has 1 aliphatic rings. The zero-order chi connectivity index (χ0) is 14.8. The lowest BCUT2D eigenvalue weighted by Crippen LogP contribution is -2.31. The minimum absolute atomic E-state index is 0.0143. The Morgan fingerprint density at radius 1 is 1.24 bits per heavy atom. The average Bonchev–Trinajstić information content (AvgIpc) is 2.96. The summed E-state index contributed by atoms with van der Waals surface area (Å²) in [7, 11) is 0. The van der Waals surface area contributed by atoms with Gasteiger partial charge in [0.25, 0.3) is 5.91 Å². The first-order valence-corrected chi connectivity index (χ1v) is 7.15. The number of aryl methyl sites for hydroxylation is 1. The number of hydrogen-bond acceptors (Lipinski definition) is 2. The van der Waals surface area contributed by atoms with Gasteiger partial charge in [0, 0.05) is 12.2 Å². The predicted molar refractivity (Wildman–Crippen MR) is 78.4 cm³/mol. The lowest BCUT2D eigenvalue weighted by atomic mass is 10.0. The van der Waals surface area contributed by atoms with E-state index in [0.717, 1.165) is 30.6 Å². The number of likely N-dealkylation sites (tertiary alicyclic amines) is 1. The van der Waals surface area contributed by atoms with Crippen molar-refractivity contribution < 1.29 is 9.18 Å². The summed E-state index contributed by atoms with van der Waals surface area (Å²) in [5, 5.41) is 0. The van der Waals surface area contributed by atoms with Crippen molar-refractivity contribution in [1.82, 2.24) is 9.88 Å². The Labute approximate surface area is 123 Å². The van der Waals surface area contributed by atoms with E-state index in [2.05, 4.69) is 4.98 Å². The molecule has 1 aromatic carbocycles. The number of nitrogens with zero attached hydrogens (tertiary/aromatic N) is 2. The van der Waals surface area contributed by atoms with Crippen molar-refractivity contribution in [3.05, 3.63) is 65.2 Å².